The number of aliphatic carboxylic acids is 3. The highest BCUT2D eigenvalue weighted by molar-refractivity contribution is 5.95. The molecule has 0 aliphatic heterocycles. The number of nitrogens with one attached hydrogen (secondary N) is 3. The van der Waals surface area contributed by atoms with Crippen LogP contribution in [0.25, 0.3) is 0 Å². The zero-order valence-electron chi connectivity index (χ0n) is 18.5. The van der Waals surface area contributed by atoms with Crippen LogP contribution in [-0.4, -0.2) is 75.1 Å². The molecule has 0 heterocycles. The smallest absolute Gasteiger partial charge is 0.326 e. The van der Waals surface area contributed by atoms with Crippen LogP contribution >= 0.6 is 0 Å². The molecule has 0 bridgehead atoms. The quantitative estimate of drug-likeness (QED) is 0.159. The average molecular weight is 460 g/mol. The predicted molar refractivity (Wildman–Crippen MR) is 110 cm³/mol. The Morgan fingerprint density at radius 1 is 0.719 bits per heavy atom. The summed E-state index contributed by atoms with van der Waals surface area (Å²) in [6.45, 7) is 6.48. The van der Waals surface area contributed by atoms with Gasteiger partial charge in [0.25, 0.3) is 0 Å². The Morgan fingerprint density at radius 3 is 1.66 bits per heavy atom. The maximum atomic E-state index is 12.8. The van der Waals surface area contributed by atoms with Crippen molar-refractivity contribution in [2.24, 2.45) is 17.6 Å². The Kier molecular flexibility index (Phi) is 11.9. The largest absolute Gasteiger partial charge is 0.481 e. The minimum Gasteiger partial charge on any atom is -0.481 e. The fourth-order valence-electron chi connectivity index (χ4n) is 2.53. The summed E-state index contributed by atoms with van der Waals surface area (Å²) in [5.41, 5.74) is 5.76. The van der Waals surface area contributed by atoms with Crippen molar-refractivity contribution in [2.45, 2.75) is 71.1 Å². The number of amides is 3. The number of nitrogens with two attached hydrogens (primary N) is 1. The lowest BCUT2D eigenvalue weighted by Crippen LogP contribution is -2.59. The SMILES string of the molecule is CC(C)C(N)C(=O)NC(CCC(=O)O)C(=O)NC(C(=O)NC(CC(=O)O)C(=O)O)C(C)C. The first kappa shape index (κ1) is 28.8. The first-order valence-corrected chi connectivity index (χ1v) is 10.00. The zero-order valence-corrected chi connectivity index (χ0v) is 18.5. The molecule has 4 atom stereocenters. The van der Waals surface area contributed by atoms with Gasteiger partial charge in [-0.25, -0.2) is 4.79 Å². The van der Waals surface area contributed by atoms with Crippen LogP contribution in [0.1, 0.15) is 47.0 Å². The van der Waals surface area contributed by atoms with Crippen molar-refractivity contribution in [3.8, 4) is 0 Å². The Bertz CT molecular complexity index is 724. The van der Waals surface area contributed by atoms with Gasteiger partial charge in [0.15, 0.2) is 0 Å². The van der Waals surface area contributed by atoms with E-state index in [1.54, 1.807) is 27.7 Å². The Balaban J connectivity index is 5.51. The van der Waals surface area contributed by atoms with E-state index in [9.17, 15) is 28.8 Å². The molecule has 0 aliphatic carbocycles. The molecule has 0 fully saturated rings. The Morgan fingerprint density at radius 2 is 1.25 bits per heavy atom. The average Bonchev–Trinajstić information content (AvgIpc) is 2.66. The number of carbonyl (C=O) groups is 6. The molecular weight excluding hydrogens is 428 g/mol. The van der Waals surface area contributed by atoms with Gasteiger partial charge in [0.05, 0.1) is 12.5 Å². The molecule has 4 unspecified atom stereocenters. The monoisotopic (exact) mass is 460 g/mol. The molecular formula is C19H32N4O9. The molecule has 3 amide bonds. The fourth-order valence-corrected chi connectivity index (χ4v) is 2.53. The van der Waals surface area contributed by atoms with Gasteiger partial charge in [-0.05, 0) is 18.3 Å². The van der Waals surface area contributed by atoms with Gasteiger partial charge in [-0.2, -0.15) is 0 Å². The van der Waals surface area contributed by atoms with Crippen molar-refractivity contribution in [1.29, 1.82) is 0 Å². The molecule has 13 nitrogen and oxygen atoms in total. The van der Waals surface area contributed by atoms with E-state index in [0.29, 0.717) is 0 Å². The van der Waals surface area contributed by atoms with Gasteiger partial charge in [0, 0.05) is 6.42 Å². The van der Waals surface area contributed by atoms with Crippen LogP contribution < -0.4 is 21.7 Å². The van der Waals surface area contributed by atoms with Crippen LogP contribution in [0.3, 0.4) is 0 Å². The molecule has 0 aliphatic rings. The molecule has 0 rings (SSSR count). The molecule has 8 N–H and O–H groups in total. The van der Waals surface area contributed by atoms with Gasteiger partial charge in [-0.3, -0.25) is 24.0 Å². The highest BCUT2D eigenvalue weighted by atomic mass is 16.4. The third-order valence-electron chi connectivity index (χ3n) is 4.54. The van der Waals surface area contributed by atoms with E-state index in [2.05, 4.69) is 16.0 Å². The minimum absolute atomic E-state index is 0.255. The topological polar surface area (TPSA) is 225 Å². The lowest BCUT2D eigenvalue weighted by Gasteiger charge is -2.27. The normalized spacial score (nSPS) is 14.7. The number of hydrogen-bond acceptors (Lipinski definition) is 7. The summed E-state index contributed by atoms with van der Waals surface area (Å²) in [5, 5.41) is 33.6. The van der Waals surface area contributed by atoms with E-state index in [0.717, 1.165) is 0 Å². The van der Waals surface area contributed by atoms with Gasteiger partial charge in [0.1, 0.15) is 18.1 Å². The van der Waals surface area contributed by atoms with Crippen molar-refractivity contribution < 1.29 is 44.1 Å². The van der Waals surface area contributed by atoms with E-state index in [1.807, 2.05) is 0 Å². The summed E-state index contributed by atoms with van der Waals surface area (Å²) < 4.78 is 0. The molecule has 0 spiro atoms. The standard InChI is InChI=1S/C19H32N4O9/c1-8(2)14(20)17(29)21-10(5-6-12(24)25)16(28)23-15(9(3)4)18(30)22-11(19(31)32)7-13(26)27/h8-11,14-15H,5-7,20H2,1-4H3,(H,21,29)(H,22,30)(H,23,28)(H,24,25)(H,26,27)(H,31,32). The van der Waals surface area contributed by atoms with Crippen LogP contribution in [0, 0.1) is 11.8 Å². The van der Waals surface area contributed by atoms with E-state index in [4.69, 9.17) is 21.1 Å². The van der Waals surface area contributed by atoms with Gasteiger partial charge in [-0.15, -0.1) is 0 Å². The molecule has 0 aromatic heterocycles. The summed E-state index contributed by atoms with van der Waals surface area (Å²) in [4.78, 5) is 70.5. The van der Waals surface area contributed by atoms with Gasteiger partial charge in [-0.1, -0.05) is 27.7 Å². The van der Waals surface area contributed by atoms with Crippen molar-refractivity contribution in [3.05, 3.63) is 0 Å². The highest BCUT2D eigenvalue weighted by Crippen LogP contribution is 2.07. The van der Waals surface area contributed by atoms with Crippen LogP contribution in [0.2, 0.25) is 0 Å². The van der Waals surface area contributed by atoms with Crippen molar-refractivity contribution in [3.63, 3.8) is 0 Å². The number of rotatable bonds is 14. The van der Waals surface area contributed by atoms with Crippen molar-refractivity contribution in [2.75, 3.05) is 0 Å². The lowest BCUT2D eigenvalue weighted by molar-refractivity contribution is -0.147. The second-order valence-corrected chi connectivity index (χ2v) is 7.99. The van der Waals surface area contributed by atoms with Crippen LogP contribution in [-0.2, 0) is 28.8 Å². The second kappa shape index (κ2) is 13.2. The summed E-state index contributed by atoms with van der Waals surface area (Å²) in [5.74, 6) is -7.50. The second-order valence-electron chi connectivity index (χ2n) is 7.99. The summed E-state index contributed by atoms with van der Waals surface area (Å²) in [6, 6.07) is -5.26. The third kappa shape index (κ3) is 10.2. The summed E-state index contributed by atoms with van der Waals surface area (Å²) in [6.07, 6.45) is -1.60. The Labute approximate surface area is 185 Å². The van der Waals surface area contributed by atoms with Crippen LogP contribution in [0.5, 0.6) is 0 Å². The van der Waals surface area contributed by atoms with Gasteiger partial charge < -0.3 is 37.0 Å². The number of hydrogen-bond donors (Lipinski definition) is 7. The number of carboxylic acid groups (broad SMARTS) is 3. The lowest BCUT2D eigenvalue weighted by atomic mass is 10.0. The van der Waals surface area contributed by atoms with Crippen molar-refractivity contribution >= 4 is 35.6 Å². The van der Waals surface area contributed by atoms with E-state index < -0.39 is 78.6 Å². The van der Waals surface area contributed by atoms with Crippen LogP contribution in [0.15, 0.2) is 0 Å². The number of carboxylic acids is 3. The predicted octanol–water partition coefficient (Wildman–Crippen LogP) is -1.50. The molecule has 182 valence electrons. The molecule has 0 radical (unpaired) electrons. The minimum atomic E-state index is -1.72. The van der Waals surface area contributed by atoms with E-state index >= 15 is 0 Å². The van der Waals surface area contributed by atoms with E-state index in [-0.39, 0.29) is 12.3 Å². The Hall–Kier alpha value is -3.22. The number of carbonyl (C=O) groups excluding carboxylic acids is 3. The summed E-state index contributed by atoms with van der Waals surface area (Å²) >= 11 is 0. The molecule has 0 saturated heterocycles. The highest BCUT2D eigenvalue weighted by Gasteiger charge is 2.33. The first-order chi connectivity index (χ1) is 14.7. The molecule has 0 aromatic rings. The molecule has 0 saturated carbocycles. The van der Waals surface area contributed by atoms with Gasteiger partial charge in [0.2, 0.25) is 17.7 Å². The maximum Gasteiger partial charge on any atom is 0.326 e. The zero-order chi connectivity index (χ0) is 25.2. The molecule has 0 aromatic carbocycles. The van der Waals surface area contributed by atoms with E-state index in [1.165, 1.54) is 0 Å². The molecule has 13 heteroatoms. The maximum absolute atomic E-state index is 12.8. The fraction of sp³-hybridized carbons (Fsp3) is 0.684. The molecule has 32 heavy (non-hydrogen) atoms. The first-order valence-electron chi connectivity index (χ1n) is 10.00. The van der Waals surface area contributed by atoms with Gasteiger partial charge >= 0.3 is 17.9 Å². The summed E-state index contributed by atoms with van der Waals surface area (Å²) in [7, 11) is 0. The van der Waals surface area contributed by atoms with Crippen molar-refractivity contribution in [1.82, 2.24) is 16.0 Å². The van der Waals surface area contributed by atoms with Crippen LogP contribution in [0.4, 0.5) is 0 Å². The third-order valence-corrected chi connectivity index (χ3v) is 4.54.